The molecule has 160 valence electrons. The number of anilines is 2. The number of benzene rings is 2. The van der Waals surface area contributed by atoms with Crippen molar-refractivity contribution >= 4 is 23.7 Å². The van der Waals surface area contributed by atoms with Crippen LogP contribution in [0.2, 0.25) is 0 Å². The highest BCUT2D eigenvalue weighted by Gasteiger charge is 2.24. The molecule has 1 aliphatic carbocycles. The number of aromatic nitrogens is 3. The van der Waals surface area contributed by atoms with Crippen LogP contribution in [0.3, 0.4) is 0 Å². The third-order valence-electron chi connectivity index (χ3n) is 5.78. The third-order valence-corrected chi connectivity index (χ3v) is 5.78. The monoisotopic (exact) mass is 417 g/mol. The Morgan fingerprint density at radius 3 is 1.97 bits per heavy atom. The minimum absolute atomic E-state index is 0.150. The number of carbonyl (C=O) groups is 2. The van der Waals surface area contributed by atoms with E-state index in [1.54, 1.807) is 16.8 Å². The second-order valence-electron chi connectivity index (χ2n) is 8.03. The summed E-state index contributed by atoms with van der Waals surface area (Å²) in [6, 6.07) is 14.9. The molecule has 1 saturated carbocycles. The van der Waals surface area contributed by atoms with Crippen LogP contribution in [-0.4, -0.2) is 26.6 Å². The van der Waals surface area contributed by atoms with Crippen LogP contribution in [0.25, 0.3) is 0 Å². The number of hydrogen-bond acceptors (Lipinski definition) is 4. The molecule has 0 atom stereocenters. The molecule has 1 aromatic heterocycles. The van der Waals surface area contributed by atoms with Gasteiger partial charge in [-0.25, -0.2) is 4.68 Å². The van der Waals surface area contributed by atoms with Gasteiger partial charge in [0.15, 0.2) is 0 Å². The molecule has 2 amide bonds. The highest BCUT2D eigenvalue weighted by molar-refractivity contribution is 6.05. The molecule has 2 aromatic carbocycles. The minimum atomic E-state index is -0.268. The van der Waals surface area contributed by atoms with Gasteiger partial charge in [0.1, 0.15) is 0 Å². The van der Waals surface area contributed by atoms with Gasteiger partial charge in [-0.15, -0.1) is 5.10 Å². The summed E-state index contributed by atoms with van der Waals surface area (Å²) in [6.07, 6.45) is 5.37. The van der Waals surface area contributed by atoms with E-state index >= 15 is 0 Å². The van der Waals surface area contributed by atoms with E-state index in [9.17, 15) is 9.59 Å². The maximum Gasteiger partial charge on any atom is 0.258 e. The van der Waals surface area contributed by atoms with Crippen LogP contribution in [0.1, 0.15) is 70.0 Å². The summed E-state index contributed by atoms with van der Waals surface area (Å²) < 4.78 is 1.77. The topological polar surface area (TPSA) is 88.9 Å². The molecule has 0 spiro atoms. The highest BCUT2D eigenvalue weighted by atomic mass is 16.2. The van der Waals surface area contributed by atoms with Gasteiger partial charge in [0.2, 0.25) is 5.95 Å². The number of nitrogens with zero attached hydrogens (tertiary/aromatic N) is 3. The normalized spacial score (nSPS) is 14.3. The van der Waals surface area contributed by atoms with Crippen molar-refractivity contribution in [2.45, 2.75) is 52.0 Å². The van der Waals surface area contributed by atoms with E-state index in [0.29, 0.717) is 17.1 Å². The molecule has 0 bridgehead atoms. The lowest BCUT2D eigenvalue weighted by Crippen LogP contribution is -2.21. The summed E-state index contributed by atoms with van der Waals surface area (Å²) in [6.45, 7) is 3.78. The Hall–Kier alpha value is -3.48. The van der Waals surface area contributed by atoms with E-state index in [1.165, 1.54) is 6.42 Å². The summed E-state index contributed by atoms with van der Waals surface area (Å²) >= 11 is 0. The number of amides is 2. The minimum Gasteiger partial charge on any atom is -0.291 e. The van der Waals surface area contributed by atoms with Crippen LogP contribution in [0.15, 0.2) is 48.5 Å². The molecule has 1 fully saturated rings. The molecule has 0 saturated heterocycles. The number of hydrogen-bond donors (Lipinski definition) is 2. The van der Waals surface area contributed by atoms with Crippen molar-refractivity contribution in [3.05, 3.63) is 70.8 Å². The lowest BCUT2D eigenvalue weighted by atomic mass is 9.96. The maximum atomic E-state index is 12.9. The first-order valence-corrected chi connectivity index (χ1v) is 10.7. The molecule has 2 N–H and O–H groups in total. The predicted octanol–water partition coefficient (Wildman–Crippen LogP) is 4.90. The first kappa shape index (κ1) is 20.8. The van der Waals surface area contributed by atoms with E-state index < -0.39 is 0 Å². The molecule has 4 rings (SSSR count). The SMILES string of the molecule is Cc1ccccc1C(=O)Nc1nc(NC(=O)c2ccccc2C)n(C2CCCCC2)n1. The largest absolute Gasteiger partial charge is 0.291 e. The summed E-state index contributed by atoms with van der Waals surface area (Å²) in [5.41, 5.74) is 2.92. The van der Waals surface area contributed by atoms with Gasteiger partial charge in [-0.05, 0) is 49.9 Å². The van der Waals surface area contributed by atoms with E-state index in [2.05, 4.69) is 20.7 Å². The molecule has 0 aliphatic heterocycles. The van der Waals surface area contributed by atoms with Crippen LogP contribution in [0, 0.1) is 13.8 Å². The van der Waals surface area contributed by atoms with Gasteiger partial charge in [0, 0.05) is 11.1 Å². The summed E-state index contributed by atoms with van der Waals surface area (Å²) in [7, 11) is 0. The second kappa shape index (κ2) is 9.12. The van der Waals surface area contributed by atoms with E-state index in [4.69, 9.17) is 0 Å². The van der Waals surface area contributed by atoms with Crippen molar-refractivity contribution in [1.29, 1.82) is 0 Å². The van der Waals surface area contributed by atoms with Crippen molar-refractivity contribution < 1.29 is 9.59 Å². The molecule has 7 heteroatoms. The van der Waals surface area contributed by atoms with Crippen molar-refractivity contribution in [2.24, 2.45) is 0 Å². The molecule has 1 heterocycles. The molecular weight excluding hydrogens is 390 g/mol. The number of nitrogens with one attached hydrogen (secondary N) is 2. The Bertz CT molecular complexity index is 1100. The van der Waals surface area contributed by atoms with Crippen molar-refractivity contribution in [3.8, 4) is 0 Å². The van der Waals surface area contributed by atoms with Gasteiger partial charge >= 0.3 is 0 Å². The maximum absolute atomic E-state index is 12.9. The zero-order chi connectivity index (χ0) is 21.8. The summed E-state index contributed by atoms with van der Waals surface area (Å²) in [5, 5.41) is 10.3. The van der Waals surface area contributed by atoms with Gasteiger partial charge in [-0.1, -0.05) is 55.7 Å². The molecule has 31 heavy (non-hydrogen) atoms. The Morgan fingerprint density at radius 1 is 0.839 bits per heavy atom. The second-order valence-corrected chi connectivity index (χ2v) is 8.03. The van der Waals surface area contributed by atoms with E-state index in [0.717, 1.165) is 36.8 Å². The molecule has 0 radical (unpaired) electrons. The van der Waals surface area contributed by atoms with Gasteiger partial charge in [0.25, 0.3) is 17.8 Å². The summed E-state index contributed by atoms with van der Waals surface area (Å²) in [5.74, 6) is 0.0501. The van der Waals surface area contributed by atoms with Gasteiger partial charge in [0.05, 0.1) is 6.04 Å². The fraction of sp³-hybridized carbons (Fsp3) is 0.333. The fourth-order valence-electron chi connectivity index (χ4n) is 4.03. The van der Waals surface area contributed by atoms with Crippen molar-refractivity contribution in [3.63, 3.8) is 0 Å². The van der Waals surface area contributed by atoms with Crippen molar-refractivity contribution in [2.75, 3.05) is 10.6 Å². The average Bonchev–Trinajstić information content (AvgIpc) is 3.16. The standard InChI is InChI=1S/C24H27N5O2/c1-16-10-6-8-14-19(16)21(30)25-23-27-24(29(28-23)18-12-4-3-5-13-18)26-22(31)20-15-9-7-11-17(20)2/h6-11,14-15,18H,3-5,12-13H2,1-2H3,(H2,25,26,27,28,30,31). The van der Waals surface area contributed by atoms with Crippen LogP contribution in [0.5, 0.6) is 0 Å². The Labute approximate surface area is 181 Å². The van der Waals surface area contributed by atoms with Crippen LogP contribution in [0.4, 0.5) is 11.9 Å². The molecule has 1 aliphatic rings. The van der Waals surface area contributed by atoms with Crippen LogP contribution in [-0.2, 0) is 0 Å². The van der Waals surface area contributed by atoms with E-state index in [-0.39, 0.29) is 23.8 Å². The number of carbonyl (C=O) groups excluding carboxylic acids is 2. The Kier molecular flexibility index (Phi) is 6.11. The zero-order valence-electron chi connectivity index (χ0n) is 17.9. The lowest BCUT2D eigenvalue weighted by Gasteiger charge is -2.23. The zero-order valence-corrected chi connectivity index (χ0v) is 17.9. The quantitative estimate of drug-likeness (QED) is 0.618. The lowest BCUT2D eigenvalue weighted by molar-refractivity contribution is 0.101. The molecule has 3 aromatic rings. The number of rotatable bonds is 5. The predicted molar refractivity (Wildman–Crippen MR) is 120 cm³/mol. The summed E-state index contributed by atoms with van der Waals surface area (Å²) in [4.78, 5) is 30.1. The Morgan fingerprint density at radius 2 is 1.39 bits per heavy atom. The Balaban J connectivity index is 1.61. The highest BCUT2D eigenvalue weighted by Crippen LogP contribution is 2.30. The van der Waals surface area contributed by atoms with Crippen LogP contribution < -0.4 is 10.6 Å². The van der Waals surface area contributed by atoms with Gasteiger partial charge in [-0.2, -0.15) is 4.98 Å². The molecular formula is C24H27N5O2. The van der Waals surface area contributed by atoms with Crippen molar-refractivity contribution in [1.82, 2.24) is 14.8 Å². The van der Waals surface area contributed by atoms with Gasteiger partial charge < -0.3 is 0 Å². The number of aryl methyl sites for hydroxylation is 2. The van der Waals surface area contributed by atoms with E-state index in [1.807, 2.05) is 50.2 Å². The first-order valence-electron chi connectivity index (χ1n) is 10.7. The van der Waals surface area contributed by atoms with Crippen LogP contribution >= 0.6 is 0 Å². The molecule has 7 nitrogen and oxygen atoms in total. The smallest absolute Gasteiger partial charge is 0.258 e. The molecule has 0 unspecified atom stereocenters. The third kappa shape index (κ3) is 4.66. The average molecular weight is 418 g/mol. The first-order chi connectivity index (χ1) is 15.0. The van der Waals surface area contributed by atoms with Gasteiger partial charge in [-0.3, -0.25) is 20.2 Å². The fourth-order valence-corrected chi connectivity index (χ4v) is 4.03.